The fraction of sp³-hybridized carbons (Fsp3) is 0.303. The molecule has 0 aliphatic carbocycles. The SMILES string of the molecule is COCC(=O)Nc1ccc(N2C(=S)N[C@H](c3ccccn3)[C@H]2c2cc(C)n(-c3ccc(N4CCOCC4)cc3)c2C)cc1Cl. The molecule has 2 N–H and O–H groups in total. The zero-order chi connectivity index (χ0) is 30.8. The van der Waals surface area contributed by atoms with Crippen molar-refractivity contribution in [3.8, 4) is 5.69 Å². The van der Waals surface area contributed by atoms with Gasteiger partial charge in [-0.1, -0.05) is 17.7 Å². The van der Waals surface area contributed by atoms with Crippen LogP contribution in [0, 0.1) is 13.8 Å². The van der Waals surface area contributed by atoms with Crippen LogP contribution in [0.4, 0.5) is 17.1 Å². The van der Waals surface area contributed by atoms with Crippen LogP contribution in [0.25, 0.3) is 5.69 Å². The molecule has 6 rings (SSSR count). The van der Waals surface area contributed by atoms with Gasteiger partial charge in [-0.15, -0.1) is 0 Å². The van der Waals surface area contributed by atoms with Crippen LogP contribution in [0.2, 0.25) is 5.02 Å². The highest BCUT2D eigenvalue weighted by molar-refractivity contribution is 7.80. The molecule has 2 aromatic carbocycles. The van der Waals surface area contributed by atoms with Gasteiger partial charge < -0.3 is 34.5 Å². The minimum Gasteiger partial charge on any atom is -0.378 e. The van der Waals surface area contributed by atoms with Gasteiger partial charge >= 0.3 is 0 Å². The van der Waals surface area contributed by atoms with Gasteiger partial charge in [0.2, 0.25) is 5.91 Å². The van der Waals surface area contributed by atoms with Gasteiger partial charge in [0, 0.05) is 54.8 Å². The molecule has 0 radical (unpaired) electrons. The quantitative estimate of drug-likeness (QED) is 0.239. The molecule has 1 amide bonds. The second-order valence-electron chi connectivity index (χ2n) is 10.9. The number of ether oxygens (including phenoxy) is 2. The number of nitrogens with one attached hydrogen (secondary N) is 2. The van der Waals surface area contributed by atoms with Crippen LogP contribution < -0.4 is 20.4 Å². The summed E-state index contributed by atoms with van der Waals surface area (Å²) in [5, 5.41) is 7.30. The van der Waals surface area contributed by atoms with Gasteiger partial charge in [-0.05, 0) is 92.3 Å². The van der Waals surface area contributed by atoms with Crippen LogP contribution in [0.15, 0.2) is 72.9 Å². The van der Waals surface area contributed by atoms with E-state index in [9.17, 15) is 4.79 Å². The first-order valence-corrected chi connectivity index (χ1v) is 15.4. The fourth-order valence-corrected chi connectivity index (χ4v) is 6.71. The molecule has 0 bridgehead atoms. The number of nitrogens with zero attached hydrogens (tertiary/aromatic N) is 4. The summed E-state index contributed by atoms with van der Waals surface area (Å²) in [6, 6.07) is 22.0. The Hall–Kier alpha value is -3.96. The number of rotatable bonds is 8. The van der Waals surface area contributed by atoms with E-state index in [-0.39, 0.29) is 24.6 Å². The highest BCUT2D eigenvalue weighted by atomic mass is 35.5. The minimum absolute atomic E-state index is 0.0579. The van der Waals surface area contributed by atoms with Gasteiger partial charge in [0.25, 0.3) is 0 Å². The Bertz CT molecular complexity index is 1660. The average Bonchev–Trinajstić information content (AvgIpc) is 3.53. The summed E-state index contributed by atoms with van der Waals surface area (Å²) in [7, 11) is 1.47. The second kappa shape index (κ2) is 13.0. The van der Waals surface area contributed by atoms with Crippen molar-refractivity contribution < 1.29 is 14.3 Å². The van der Waals surface area contributed by atoms with Crippen LogP contribution in [0.1, 0.15) is 34.7 Å². The normalized spacial score (nSPS) is 18.4. The number of carbonyl (C=O) groups excluding carboxylic acids is 1. The van der Waals surface area contributed by atoms with Crippen LogP contribution in [-0.4, -0.2) is 60.6 Å². The number of thiocarbonyl (C=S) groups is 1. The van der Waals surface area contributed by atoms with E-state index in [1.54, 1.807) is 12.3 Å². The van der Waals surface area contributed by atoms with Crippen molar-refractivity contribution in [1.82, 2.24) is 14.9 Å². The second-order valence-corrected chi connectivity index (χ2v) is 11.7. The maximum absolute atomic E-state index is 12.1. The highest BCUT2D eigenvalue weighted by Gasteiger charge is 2.42. The third-order valence-corrected chi connectivity index (χ3v) is 8.78. The van der Waals surface area contributed by atoms with Crippen molar-refractivity contribution in [3.05, 3.63) is 101 Å². The lowest BCUT2D eigenvalue weighted by atomic mass is 9.96. The molecule has 9 nitrogen and oxygen atoms in total. The summed E-state index contributed by atoms with van der Waals surface area (Å²) in [5.74, 6) is -0.279. The molecule has 0 unspecified atom stereocenters. The van der Waals surface area contributed by atoms with Crippen molar-refractivity contribution in [1.29, 1.82) is 0 Å². The summed E-state index contributed by atoms with van der Waals surface area (Å²) >= 11 is 12.6. The average molecular weight is 631 g/mol. The number of anilines is 3. The number of carbonyl (C=O) groups is 1. The molecule has 2 saturated heterocycles. The lowest BCUT2D eigenvalue weighted by Crippen LogP contribution is -2.36. The van der Waals surface area contributed by atoms with Gasteiger partial charge in [0.05, 0.1) is 41.7 Å². The lowest BCUT2D eigenvalue weighted by Gasteiger charge is -2.29. The van der Waals surface area contributed by atoms with Crippen molar-refractivity contribution in [2.75, 3.05) is 55.1 Å². The Morgan fingerprint density at radius 1 is 1.07 bits per heavy atom. The molecule has 2 aliphatic rings. The van der Waals surface area contributed by atoms with E-state index in [0.717, 1.165) is 60.3 Å². The molecule has 11 heteroatoms. The third-order valence-electron chi connectivity index (χ3n) is 8.15. The van der Waals surface area contributed by atoms with Gasteiger partial charge in [0.15, 0.2) is 5.11 Å². The third kappa shape index (κ3) is 5.90. The smallest absolute Gasteiger partial charge is 0.250 e. The molecule has 0 saturated carbocycles. The molecule has 2 aromatic heterocycles. The first kappa shape index (κ1) is 30.1. The molecule has 4 heterocycles. The predicted octanol–water partition coefficient (Wildman–Crippen LogP) is 5.74. The number of methoxy groups -OCH3 is 1. The van der Waals surface area contributed by atoms with Gasteiger partial charge in [-0.25, -0.2) is 0 Å². The van der Waals surface area contributed by atoms with Crippen molar-refractivity contribution in [2.45, 2.75) is 25.9 Å². The van der Waals surface area contributed by atoms with Gasteiger partial charge in [-0.2, -0.15) is 0 Å². The van der Waals surface area contributed by atoms with Crippen LogP contribution >= 0.6 is 23.8 Å². The number of aryl methyl sites for hydroxylation is 1. The summed E-state index contributed by atoms with van der Waals surface area (Å²) in [5.41, 5.74) is 7.84. The molecule has 2 atom stereocenters. The molecule has 2 aliphatic heterocycles. The topological polar surface area (TPSA) is 83.9 Å². The summed E-state index contributed by atoms with van der Waals surface area (Å²) in [4.78, 5) is 21.3. The summed E-state index contributed by atoms with van der Waals surface area (Å²) in [6.07, 6.45) is 1.80. The Morgan fingerprint density at radius 2 is 1.80 bits per heavy atom. The number of hydrogen-bond donors (Lipinski definition) is 2. The number of halogens is 1. The zero-order valence-corrected chi connectivity index (χ0v) is 26.5. The molecular weight excluding hydrogens is 596 g/mol. The van der Waals surface area contributed by atoms with E-state index in [1.165, 1.54) is 12.8 Å². The zero-order valence-electron chi connectivity index (χ0n) is 24.9. The van der Waals surface area contributed by atoms with Crippen molar-refractivity contribution >= 4 is 51.9 Å². The van der Waals surface area contributed by atoms with Gasteiger partial charge in [0.1, 0.15) is 6.61 Å². The number of amides is 1. The standard InChI is InChI=1S/C33H35ClN6O3S/c1-21-18-26(22(2)39(21)24-9-7-23(8-10-24)38-14-16-43-17-15-38)32-31(29-6-4-5-13-35-29)37-33(44)40(32)25-11-12-28(27(34)19-25)36-30(41)20-42-3/h4-13,18-19,31-32H,14-17,20H2,1-3H3,(H,36,41)(H,37,44)/t31-,32-/m1/s1. The van der Waals surface area contributed by atoms with Crippen LogP contribution in [0.3, 0.4) is 0 Å². The maximum atomic E-state index is 12.1. The van der Waals surface area contributed by atoms with Gasteiger partial charge in [-0.3, -0.25) is 9.78 Å². The number of hydrogen-bond acceptors (Lipinski definition) is 6. The molecule has 228 valence electrons. The Morgan fingerprint density at radius 3 is 2.48 bits per heavy atom. The number of benzene rings is 2. The first-order valence-electron chi connectivity index (χ1n) is 14.6. The summed E-state index contributed by atoms with van der Waals surface area (Å²) in [6.45, 7) is 7.52. The lowest BCUT2D eigenvalue weighted by molar-refractivity contribution is -0.119. The van der Waals surface area contributed by atoms with Crippen molar-refractivity contribution in [3.63, 3.8) is 0 Å². The molecule has 0 spiro atoms. The molecule has 2 fully saturated rings. The largest absolute Gasteiger partial charge is 0.378 e. The van der Waals surface area contributed by atoms with Crippen LogP contribution in [0.5, 0.6) is 0 Å². The van der Waals surface area contributed by atoms with E-state index in [0.29, 0.717) is 15.8 Å². The maximum Gasteiger partial charge on any atom is 0.250 e. The first-order chi connectivity index (χ1) is 21.4. The van der Waals surface area contributed by atoms with Crippen LogP contribution in [-0.2, 0) is 14.3 Å². The Labute approximate surface area is 267 Å². The monoisotopic (exact) mass is 630 g/mol. The predicted molar refractivity (Wildman–Crippen MR) is 178 cm³/mol. The van der Waals surface area contributed by atoms with E-state index in [4.69, 9.17) is 38.3 Å². The number of aromatic nitrogens is 2. The highest BCUT2D eigenvalue weighted by Crippen LogP contribution is 2.44. The fourth-order valence-electron chi connectivity index (χ4n) is 6.14. The van der Waals surface area contributed by atoms with E-state index < -0.39 is 0 Å². The number of pyridine rings is 1. The van der Waals surface area contributed by atoms with E-state index in [1.807, 2.05) is 30.3 Å². The Balaban J connectivity index is 1.38. The Kier molecular flexibility index (Phi) is 8.86. The molecular formula is C33H35ClN6O3S. The van der Waals surface area contributed by atoms with E-state index in [2.05, 4.69) is 69.2 Å². The van der Waals surface area contributed by atoms with Crippen molar-refractivity contribution in [2.24, 2.45) is 0 Å². The molecule has 44 heavy (non-hydrogen) atoms. The van der Waals surface area contributed by atoms with E-state index >= 15 is 0 Å². The molecule has 4 aromatic rings. The number of morpholine rings is 1. The minimum atomic E-state index is -0.279. The summed E-state index contributed by atoms with van der Waals surface area (Å²) < 4.78 is 12.7.